The Kier molecular flexibility index (Phi) is 4.04. The molecule has 116 valence electrons. The minimum absolute atomic E-state index is 0.144. The molecule has 0 bridgehead atoms. The summed E-state index contributed by atoms with van der Waals surface area (Å²) in [5.41, 5.74) is 2.05. The zero-order valence-electron chi connectivity index (χ0n) is 12.9. The first-order valence-corrected chi connectivity index (χ1v) is 7.41. The van der Waals surface area contributed by atoms with E-state index in [0.29, 0.717) is 0 Å². The third kappa shape index (κ3) is 2.79. The van der Waals surface area contributed by atoms with Crippen LogP contribution in [-0.2, 0) is 4.79 Å². The third-order valence-electron chi connectivity index (χ3n) is 4.06. The molecule has 2 heterocycles. The van der Waals surface area contributed by atoms with Crippen LogP contribution in [0, 0.1) is 0 Å². The molecule has 1 aromatic heterocycles. The summed E-state index contributed by atoms with van der Waals surface area (Å²) in [7, 11) is 1.67. The SMILES string of the molecule is COc1cc(N2CCN(C(C)=O)CC2)ccc1-c1ccco1. The topological polar surface area (TPSA) is 45.9 Å². The van der Waals surface area contributed by atoms with Gasteiger partial charge in [0.05, 0.1) is 18.9 Å². The molecule has 0 aliphatic carbocycles. The van der Waals surface area contributed by atoms with Crippen LogP contribution in [0.15, 0.2) is 41.0 Å². The van der Waals surface area contributed by atoms with Crippen LogP contribution in [-0.4, -0.2) is 44.1 Å². The van der Waals surface area contributed by atoms with Gasteiger partial charge in [0, 0.05) is 44.9 Å². The maximum atomic E-state index is 11.4. The first-order valence-electron chi connectivity index (χ1n) is 7.41. The number of amides is 1. The molecule has 3 rings (SSSR count). The van der Waals surface area contributed by atoms with E-state index < -0.39 is 0 Å². The average molecular weight is 300 g/mol. The second-order valence-electron chi connectivity index (χ2n) is 5.36. The van der Waals surface area contributed by atoms with E-state index in [-0.39, 0.29) is 5.91 Å². The summed E-state index contributed by atoms with van der Waals surface area (Å²) in [6, 6.07) is 9.91. The number of furan rings is 1. The fourth-order valence-corrected chi connectivity index (χ4v) is 2.79. The highest BCUT2D eigenvalue weighted by atomic mass is 16.5. The number of carbonyl (C=O) groups excluding carboxylic acids is 1. The van der Waals surface area contributed by atoms with Crippen LogP contribution in [0.4, 0.5) is 5.69 Å². The van der Waals surface area contributed by atoms with Crippen molar-refractivity contribution < 1.29 is 13.9 Å². The van der Waals surface area contributed by atoms with Gasteiger partial charge in [0.1, 0.15) is 11.5 Å². The molecule has 0 unspecified atom stereocenters. The number of methoxy groups -OCH3 is 1. The van der Waals surface area contributed by atoms with Crippen molar-refractivity contribution in [1.82, 2.24) is 4.90 Å². The number of ether oxygens (including phenoxy) is 1. The summed E-state index contributed by atoms with van der Waals surface area (Å²) in [4.78, 5) is 15.5. The lowest BCUT2D eigenvalue weighted by atomic mass is 10.1. The highest BCUT2D eigenvalue weighted by Crippen LogP contribution is 2.34. The van der Waals surface area contributed by atoms with E-state index >= 15 is 0 Å². The highest BCUT2D eigenvalue weighted by Gasteiger charge is 2.20. The molecule has 2 aromatic rings. The van der Waals surface area contributed by atoms with Gasteiger partial charge < -0.3 is 19.0 Å². The van der Waals surface area contributed by atoms with Crippen molar-refractivity contribution in [1.29, 1.82) is 0 Å². The van der Waals surface area contributed by atoms with Crippen molar-refractivity contribution in [2.45, 2.75) is 6.92 Å². The zero-order chi connectivity index (χ0) is 15.5. The highest BCUT2D eigenvalue weighted by molar-refractivity contribution is 5.74. The normalized spacial score (nSPS) is 15.0. The van der Waals surface area contributed by atoms with E-state index in [4.69, 9.17) is 9.15 Å². The predicted octanol–water partition coefficient (Wildman–Crippen LogP) is 2.62. The summed E-state index contributed by atoms with van der Waals surface area (Å²) >= 11 is 0. The van der Waals surface area contributed by atoms with Crippen LogP contribution in [0.3, 0.4) is 0 Å². The molecular formula is C17H20N2O3. The third-order valence-corrected chi connectivity index (χ3v) is 4.06. The first-order chi connectivity index (χ1) is 10.7. The molecule has 1 fully saturated rings. The molecule has 5 heteroatoms. The van der Waals surface area contributed by atoms with E-state index in [2.05, 4.69) is 11.0 Å². The van der Waals surface area contributed by atoms with Gasteiger partial charge in [0.2, 0.25) is 5.91 Å². The number of benzene rings is 1. The Morgan fingerprint density at radius 2 is 1.95 bits per heavy atom. The summed E-state index contributed by atoms with van der Waals surface area (Å²) in [5, 5.41) is 0. The van der Waals surface area contributed by atoms with Crippen LogP contribution < -0.4 is 9.64 Å². The van der Waals surface area contributed by atoms with Gasteiger partial charge in [-0.25, -0.2) is 0 Å². The Morgan fingerprint density at radius 1 is 1.18 bits per heavy atom. The molecule has 5 nitrogen and oxygen atoms in total. The predicted molar refractivity (Wildman–Crippen MR) is 85.2 cm³/mol. The molecular weight excluding hydrogens is 280 g/mol. The number of piperazine rings is 1. The van der Waals surface area contributed by atoms with E-state index in [1.165, 1.54) is 0 Å². The molecule has 1 amide bonds. The number of hydrogen-bond acceptors (Lipinski definition) is 4. The largest absolute Gasteiger partial charge is 0.496 e. The molecule has 0 N–H and O–H groups in total. The molecule has 0 atom stereocenters. The Bertz CT molecular complexity index is 644. The summed E-state index contributed by atoms with van der Waals surface area (Å²) in [5.74, 6) is 1.73. The minimum Gasteiger partial charge on any atom is -0.496 e. The molecule has 1 aromatic carbocycles. The van der Waals surface area contributed by atoms with Gasteiger partial charge in [-0.3, -0.25) is 4.79 Å². The van der Waals surface area contributed by atoms with Gasteiger partial charge in [-0.2, -0.15) is 0 Å². The van der Waals surface area contributed by atoms with E-state index in [1.54, 1.807) is 20.3 Å². The molecule has 0 saturated carbocycles. The average Bonchev–Trinajstić information content (AvgIpc) is 3.08. The number of anilines is 1. The lowest BCUT2D eigenvalue weighted by Crippen LogP contribution is -2.48. The molecule has 22 heavy (non-hydrogen) atoms. The molecule has 0 spiro atoms. The quantitative estimate of drug-likeness (QED) is 0.874. The van der Waals surface area contributed by atoms with Gasteiger partial charge >= 0.3 is 0 Å². The lowest BCUT2D eigenvalue weighted by Gasteiger charge is -2.35. The van der Waals surface area contributed by atoms with Crippen molar-refractivity contribution in [2.24, 2.45) is 0 Å². The van der Waals surface area contributed by atoms with Gasteiger partial charge in [-0.1, -0.05) is 0 Å². The Morgan fingerprint density at radius 3 is 2.55 bits per heavy atom. The number of carbonyl (C=O) groups is 1. The minimum atomic E-state index is 0.144. The lowest BCUT2D eigenvalue weighted by molar-refractivity contribution is -0.129. The second-order valence-corrected chi connectivity index (χ2v) is 5.36. The molecule has 1 saturated heterocycles. The van der Waals surface area contributed by atoms with Crippen molar-refractivity contribution in [3.05, 3.63) is 36.6 Å². The standard InChI is InChI=1S/C17H20N2O3/c1-13(20)18-7-9-19(10-8-18)14-5-6-15(17(12-14)21-2)16-4-3-11-22-16/h3-6,11-12H,7-10H2,1-2H3. The van der Waals surface area contributed by atoms with E-state index in [1.807, 2.05) is 29.2 Å². The van der Waals surface area contributed by atoms with E-state index in [9.17, 15) is 4.79 Å². The van der Waals surface area contributed by atoms with Gasteiger partial charge in [0.15, 0.2) is 0 Å². The maximum absolute atomic E-state index is 11.4. The zero-order valence-corrected chi connectivity index (χ0v) is 12.9. The maximum Gasteiger partial charge on any atom is 0.219 e. The van der Waals surface area contributed by atoms with Crippen molar-refractivity contribution in [2.75, 3.05) is 38.2 Å². The fraction of sp³-hybridized carbons (Fsp3) is 0.353. The van der Waals surface area contributed by atoms with Crippen LogP contribution in [0.5, 0.6) is 5.75 Å². The van der Waals surface area contributed by atoms with Crippen LogP contribution in [0.2, 0.25) is 0 Å². The first kappa shape index (κ1) is 14.5. The number of hydrogen-bond donors (Lipinski definition) is 0. The van der Waals surface area contributed by atoms with Crippen LogP contribution >= 0.6 is 0 Å². The fourth-order valence-electron chi connectivity index (χ4n) is 2.79. The molecule has 0 radical (unpaired) electrons. The molecule has 1 aliphatic rings. The molecule has 1 aliphatic heterocycles. The summed E-state index contributed by atoms with van der Waals surface area (Å²) < 4.78 is 11.0. The van der Waals surface area contributed by atoms with Gasteiger partial charge in [-0.15, -0.1) is 0 Å². The van der Waals surface area contributed by atoms with Crippen LogP contribution in [0.1, 0.15) is 6.92 Å². The summed E-state index contributed by atoms with van der Waals surface area (Å²) in [6.45, 7) is 4.82. The van der Waals surface area contributed by atoms with Crippen molar-refractivity contribution in [3.63, 3.8) is 0 Å². The second kappa shape index (κ2) is 6.13. The van der Waals surface area contributed by atoms with Crippen molar-refractivity contribution >= 4 is 11.6 Å². The Labute approximate surface area is 130 Å². The van der Waals surface area contributed by atoms with Gasteiger partial charge in [-0.05, 0) is 24.3 Å². The van der Waals surface area contributed by atoms with Gasteiger partial charge in [0.25, 0.3) is 0 Å². The van der Waals surface area contributed by atoms with Crippen LogP contribution in [0.25, 0.3) is 11.3 Å². The van der Waals surface area contributed by atoms with Crippen molar-refractivity contribution in [3.8, 4) is 17.1 Å². The Hall–Kier alpha value is -2.43. The van der Waals surface area contributed by atoms with E-state index in [0.717, 1.165) is 48.9 Å². The smallest absolute Gasteiger partial charge is 0.219 e. The number of nitrogens with zero attached hydrogens (tertiary/aromatic N) is 2. The summed E-state index contributed by atoms with van der Waals surface area (Å²) in [6.07, 6.45) is 1.66. The number of rotatable bonds is 3. The Balaban J connectivity index is 1.80. The monoisotopic (exact) mass is 300 g/mol.